The van der Waals surface area contributed by atoms with Crippen molar-refractivity contribution in [1.29, 1.82) is 0 Å². The molecule has 2 fully saturated rings. The number of nitrogens with zero attached hydrogens (tertiary/aromatic N) is 2. The number of amides is 2. The number of thioether (sulfide) groups is 1. The van der Waals surface area contributed by atoms with Gasteiger partial charge in [0.05, 0.1) is 5.75 Å². The van der Waals surface area contributed by atoms with Crippen molar-refractivity contribution in [3.05, 3.63) is 0 Å². The Morgan fingerprint density at radius 3 is 2.89 bits per heavy atom. The monoisotopic (exact) mass is 280 g/mol. The minimum atomic E-state index is -0.270. The van der Waals surface area contributed by atoms with Crippen LogP contribution in [0.5, 0.6) is 0 Å². The van der Waals surface area contributed by atoms with Gasteiger partial charge in [-0.1, -0.05) is 12.8 Å². The SMILES string of the molecule is C#CCSCCN1C(=O)C2CCCN2C(=O)C1CC. The first-order valence-corrected chi connectivity index (χ1v) is 7.98. The Hall–Kier alpha value is -1.15. The summed E-state index contributed by atoms with van der Waals surface area (Å²) >= 11 is 1.63. The number of carbonyl (C=O) groups is 2. The van der Waals surface area contributed by atoms with E-state index >= 15 is 0 Å². The maximum atomic E-state index is 12.5. The molecular formula is C14H20N2O2S. The molecule has 2 aliphatic heterocycles. The molecule has 104 valence electrons. The molecule has 2 aliphatic rings. The van der Waals surface area contributed by atoms with E-state index in [2.05, 4.69) is 5.92 Å². The molecule has 0 aromatic rings. The fourth-order valence-electron chi connectivity index (χ4n) is 2.91. The first-order chi connectivity index (χ1) is 9.20. The van der Waals surface area contributed by atoms with Gasteiger partial charge in [0.2, 0.25) is 11.8 Å². The molecule has 5 heteroatoms. The van der Waals surface area contributed by atoms with Gasteiger partial charge in [-0.15, -0.1) is 18.2 Å². The molecule has 0 aliphatic carbocycles. The van der Waals surface area contributed by atoms with Crippen molar-refractivity contribution in [1.82, 2.24) is 9.80 Å². The van der Waals surface area contributed by atoms with Crippen LogP contribution in [0.1, 0.15) is 26.2 Å². The van der Waals surface area contributed by atoms with Crippen LogP contribution in [0.3, 0.4) is 0 Å². The third-order valence-electron chi connectivity index (χ3n) is 3.81. The van der Waals surface area contributed by atoms with Crippen LogP contribution in [-0.4, -0.2) is 58.3 Å². The van der Waals surface area contributed by atoms with Crippen LogP contribution < -0.4 is 0 Å². The Bertz CT molecular complexity index is 405. The highest BCUT2D eigenvalue weighted by Crippen LogP contribution is 2.28. The molecule has 4 nitrogen and oxygen atoms in total. The summed E-state index contributed by atoms with van der Waals surface area (Å²) in [5, 5.41) is 0. The molecule has 2 heterocycles. The maximum Gasteiger partial charge on any atom is 0.246 e. The second-order valence-electron chi connectivity index (χ2n) is 4.90. The number of rotatable bonds is 5. The van der Waals surface area contributed by atoms with Crippen LogP contribution in [-0.2, 0) is 9.59 Å². The standard InChI is InChI=1S/C14H20N2O2S/c1-3-9-19-10-8-16-11(4-2)13(17)15-7-5-6-12(15)14(16)18/h1,11-12H,4-10H2,2H3. The molecule has 2 atom stereocenters. The van der Waals surface area contributed by atoms with Crippen LogP contribution in [0, 0.1) is 12.3 Å². The van der Waals surface area contributed by atoms with Crippen molar-refractivity contribution in [3.8, 4) is 12.3 Å². The summed E-state index contributed by atoms with van der Waals surface area (Å²) in [6.07, 6.45) is 7.65. The minimum Gasteiger partial charge on any atom is -0.329 e. The predicted octanol–water partition coefficient (Wildman–Crippen LogP) is 0.965. The van der Waals surface area contributed by atoms with Crippen LogP contribution in [0.15, 0.2) is 0 Å². The minimum absolute atomic E-state index is 0.130. The van der Waals surface area contributed by atoms with Gasteiger partial charge in [0.1, 0.15) is 12.1 Å². The van der Waals surface area contributed by atoms with Gasteiger partial charge in [0, 0.05) is 18.8 Å². The first kappa shape index (κ1) is 14.3. The van der Waals surface area contributed by atoms with Gasteiger partial charge in [-0.2, -0.15) is 0 Å². The topological polar surface area (TPSA) is 40.6 Å². The zero-order valence-corrected chi connectivity index (χ0v) is 12.1. The highest BCUT2D eigenvalue weighted by Gasteiger charge is 2.46. The summed E-state index contributed by atoms with van der Waals surface area (Å²) in [6, 6.07) is -0.471. The summed E-state index contributed by atoms with van der Waals surface area (Å²) in [4.78, 5) is 28.4. The quantitative estimate of drug-likeness (QED) is 0.556. The fourth-order valence-corrected chi connectivity index (χ4v) is 3.50. The van der Waals surface area contributed by atoms with Gasteiger partial charge in [-0.3, -0.25) is 9.59 Å². The van der Waals surface area contributed by atoms with Crippen molar-refractivity contribution in [2.75, 3.05) is 24.6 Å². The number of piperazine rings is 1. The average molecular weight is 280 g/mol. The second kappa shape index (κ2) is 6.33. The van der Waals surface area contributed by atoms with Crippen molar-refractivity contribution < 1.29 is 9.59 Å². The summed E-state index contributed by atoms with van der Waals surface area (Å²) in [6.45, 7) is 3.33. The third kappa shape index (κ3) is 2.74. The molecule has 0 saturated carbocycles. The zero-order valence-electron chi connectivity index (χ0n) is 11.3. The molecule has 2 rings (SSSR count). The Morgan fingerprint density at radius 1 is 1.42 bits per heavy atom. The van der Waals surface area contributed by atoms with Crippen LogP contribution >= 0.6 is 11.8 Å². The lowest BCUT2D eigenvalue weighted by atomic mass is 10.0. The Kier molecular flexibility index (Phi) is 4.76. The molecule has 0 aromatic heterocycles. The molecule has 0 aromatic carbocycles. The highest BCUT2D eigenvalue weighted by molar-refractivity contribution is 7.99. The normalized spacial score (nSPS) is 26.5. The number of carbonyl (C=O) groups excluding carboxylic acids is 2. The molecule has 0 bridgehead atoms. The summed E-state index contributed by atoms with van der Waals surface area (Å²) < 4.78 is 0. The van der Waals surface area contributed by atoms with E-state index in [9.17, 15) is 9.59 Å². The van der Waals surface area contributed by atoms with Crippen molar-refractivity contribution in [3.63, 3.8) is 0 Å². The van der Waals surface area contributed by atoms with Crippen LogP contribution in [0.25, 0.3) is 0 Å². The summed E-state index contributed by atoms with van der Waals surface area (Å²) in [5.41, 5.74) is 0. The van der Waals surface area contributed by atoms with Crippen molar-refractivity contribution in [2.45, 2.75) is 38.3 Å². The lowest BCUT2D eigenvalue weighted by Crippen LogP contribution is -2.62. The third-order valence-corrected chi connectivity index (χ3v) is 4.66. The van der Waals surface area contributed by atoms with E-state index in [-0.39, 0.29) is 23.9 Å². The number of hydrogen-bond acceptors (Lipinski definition) is 3. The molecule has 0 radical (unpaired) electrons. The zero-order chi connectivity index (χ0) is 13.8. The summed E-state index contributed by atoms with van der Waals surface area (Å²) in [5.74, 6) is 4.29. The van der Waals surface area contributed by atoms with E-state index in [1.165, 1.54) is 0 Å². The van der Waals surface area contributed by atoms with E-state index in [0.717, 1.165) is 25.1 Å². The van der Waals surface area contributed by atoms with Gasteiger partial charge in [0.15, 0.2) is 0 Å². The molecule has 2 saturated heterocycles. The summed E-state index contributed by atoms with van der Waals surface area (Å²) in [7, 11) is 0. The maximum absolute atomic E-state index is 12.5. The van der Waals surface area contributed by atoms with E-state index in [4.69, 9.17) is 6.42 Å². The van der Waals surface area contributed by atoms with Gasteiger partial charge in [-0.05, 0) is 19.3 Å². The first-order valence-electron chi connectivity index (χ1n) is 6.82. The highest BCUT2D eigenvalue weighted by atomic mass is 32.2. The van der Waals surface area contributed by atoms with Crippen LogP contribution in [0.4, 0.5) is 0 Å². The van der Waals surface area contributed by atoms with E-state index < -0.39 is 0 Å². The Labute approximate surface area is 118 Å². The number of hydrogen-bond donors (Lipinski definition) is 0. The largest absolute Gasteiger partial charge is 0.329 e. The lowest BCUT2D eigenvalue weighted by Gasteiger charge is -2.42. The molecule has 0 N–H and O–H groups in total. The second-order valence-corrected chi connectivity index (χ2v) is 6.01. The molecule has 2 unspecified atom stereocenters. The van der Waals surface area contributed by atoms with E-state index in [1.54, 1.807) is 21.6 Å². The van der Waals surface area contributed by atoms with Crippen LogP contribution in [0.2, 0.25) is 0 Å². The van der Waals surface area contributed by atoms with Crippen molar-refractivity contribution in [2.24, 2.45) is 0 Å². The molecule has 0 spiro atoms. The lowest BCUT2D eigenvalue weighted by molar-refractivity contribution is -0.159. The fraction of sp³-hybridized carbons (Fsp3) is 0.714. The average Bonchev–Trinajstić information content (AvgIpc) is 2.90. The Morgan fingerprint density at radius 2 is 2.21 bits per heavy atom. The van der Waals surface area contributed by atoms with Crippen molar-refractivity contribution >= 4 is 23.6 Å². The van der Waals surface area contributed by atoms with Gasteiger partial charge in [0.25, 0.3) is 0 Å². The number of terminal acetylenes is 1. The van der Waals surface area contributed by atoms with Gasteiger partial charge >= 0.3 is 0 Å². The smallest absolute Gasteiger partial charge is 0.246 e. The van der Waals surface area contributed by atoms with E-state index in [0.29, 0.717) is 18.7 Å². The predicted molar refractivity (Wildman–Crippen MR) is 76.7 cm³/mol. The Balaban J connectivity index is 2.04. The molecule has 19 heavy (non-hydrogen) atoms. The molecule has 2 amide bonds. The van der Waals surface area contributed by atoms with Gasteiger partial charge in [-0.25, -0.2) is 0 Å². The number of fused-ring (bicyclic) bond motifs is 1. The van der Waals surface area contributed by atoms with E-state index in [1.807, 2.05) is 6.92 Å². The molecular weight excluding hydrogens is 260 g/mol. The van der Waals surface area contributed by atoms with Gasteiger partial charge < -0.3 is 9.80 Å².